The first kappa shape index (κ1) is 10.8. The molecular weight excluding hydrogens is 258 g/mol. The summed E-state index contributed by atoms with van der Waals surface area (Å²) >= 11 is 1.61. The Kier molecular flexibility index (Phi) is 2.11. The summed E-state index contributed by atoms with van der Waals surface area (Å²) < 4.78 is 0. The molecule has 2 heterocycles. The molecule has 0 aromatic heterocycles. The summed E-state index contributed by atoms with van der Waals surface area (Å²) in [7, 11) is 0. The first-order valence-electron chi connectivity index (χ1n) is 5.99. The van der Waals surface area contributed by atoms with Crippen LogP contribution in [0.3, 0.4) is 0 Å². The molecule has 0 aliphatic carbocycles. The predicted molar refractivity (Wildman–Crippen MR) is 74.7 cm³/mol. The molecule has 92 valence electrons. The van der Waals surface area contributed by atoms with Gasteiger partial charge in [-0.05, 0) is 22.9 Å². The number of hydrogen-bond acceptors (Lipinski definition) is 3. The first-order valence-corrected chi connectivity index (χ1v) is 6.97. The number of fused-ring (bicyclic) bond motifs is 3. The lowest BCUT2D eigenvalue weighted by Crippen LogP contribution is -2.23. The van der Waals surface area contributed by atoms with E-state index in [1.165, 1.54) is 0 Å². The van der Waals surface area contributed by atoms with E-state index in [9.17, 15) is 9.59 Å². The molecule has 0 fully saturated rings. The zero-order chi connectivity index (χ0) is 13.0. The van der Waals surface area contributed by atoms with E-state index < -0.39 is 0 Å². The maximum atomic E-state index is 11.9. The highest BCUT2D eigenvalue weighted by Crippen LogP contribution is 2.41. The van der Waals surface area contributed by atoms with Crippen LogP contribution in [-0.4, -0.2) is 17.6 Å². The number of benzene rings is 2. The smallest absolute Gasteiger partial charge is 0.259 e. The number of thioether (sulfide) groups is 1. The number of carbonyl (C=O) groups is 2. The normalized spacial score (nSPS) is 17.5. The summed E-state index contributed by atoms with van der Waals surface area (Å²) in [4.78, 5) is 24.7. The van der Waals surface area contributed by atoms with E-state index in [0.717, 1.165) is 21.2 Å². The third-order valence-electron chi connectivity index (χ3n) is 3.52. The van der Waals surface area contributed by atoms with Crippen LogP contribution < -0.4 is 5.32 Å². The Morgan fingerprint density at radius 2 is 1.74 bits per heavy atom. The maximum Gasteiger partial charge on any atom is 0.259 e. The number of carbonyl (C=O) groups excluding carboxylic acids is 2. The number of amides is 2. The highest BCUT2D eigenvalue weighted by atomic mass is 32.2. The Labute approximate surface area is 113 Å². The van der Waals surface area contributed by atoms with Gasteiger partial charge >= 0.3 is 0 Å². The molecule has 0 spiro atoms. The number of hydrogen-bond donors (Lipinski definition) is 1. The van der Waals surface area contributed by atoms with Gasteiger partial charge in [0.2, 0.25) is 0 Å². The second kappa shape index (κ2) is 3.71. The van der Waals surface area contributed by atoms with Crippen LogP contribution in [0, 0.1) is 0 Å². The fourth-order valence-electron chi connectivity index (χ4n) is 2.60. The molecule has 4 heteroatoms. The van der Waals surface area contributed by atoms with E-state index in [-0.39, 0.29) is 11.8 Å². The minimum absolute atomic E-state index is 0.244. The molecule has 2 aromatic rings. The average Bonchev–Trinajstić information content (AvgIpc) is 2.72. The molecule has 3 nitrogen and oxygen atoms in total. The molecule has 1 N–H and O–H groups in total. The minimum Gasteiger partial charge on any atom is -0.288 e. The fraction of sp³-hybridized carbons (Fsp3) is 0.0667. The summed E-state index contributed by atoms with van der Waals surface area (Å²) in [6.45, 7) is 0. The van der Waals surface area contributed by atoms with Crippen LogP contribution in [-0.2, 0) is 9.59 Å². The summed E-state index contributed by atoms with van der Waals surface area (Å²) in [6.07, 6.45) is 0. The van der Waals surface area contributed by atoms with Crippen LogP contribution in [0.4, 0.5) is 0 Å². The second-order valence-electron chi connectivity index (χ2n) is 4.62. The van der Waals surface area contributed by atoms with Crippen molar-refractivity contribution in [2.24, 2.45) is 0 Å². The topological polar surface area (TPSA) is 46.2 Å². The standard InChI is InChI=1S/C15H9NO2S/c17-14-11-7-19-12-6-9-4-2-1-3-8(9)5-10(12)13(11)15(18)16-14/h1-6H,7H2,(H,16,17,18). The number of nitrogens with one attached hydrogen (secondary N) is 1. The maximum absolute atomic E-state index is 11.9. The Hall–Kier alpha value is -2.07. The Balaban J connectivity index is 2.04. The van der Waals surface area contributed by atoms with Crippen LogP contribution in [0.15, 0.2) is 46.9 Å². The van der Waals surface area contributed by atoms with Crippen molar-refractivity contribution < 1.29 is 9.59 Å². The van der Waals surface area contributed by atoms with Crippen LogP contribution in [0.2, 0.25) is 0 Å². The van der Waals surface area contributed by atoms with E-state index in [1.807, 2.05) is 24.3 Å². The first-order chi connectivity index (χ1) is 9.24. The van der Waals surface area contributed by atoms with Gasteiger partial charge in [0.1, 0.15) is 0 Å². The van der Waals surface area contributed by atoms with Crippen molar-refractivity contribution in [3.05, 3.63) is 47.5 Å². The number of imide groups is 1. The lowest BCUT2D eigenvalue weighted by atomic mass is 9.98. The van der Waals surface area contributed by atoms with Crippen molar-refractivity contribution in [3.8, 4) is 0 Å². The Morgan fingerprint density at radius 3 is 2.53 bits per heavy atom. The predicted octanol–water partition coefficient (Wildman–Crippen LogP) is 2.36. The molecule has 2 aliphatic heterocycles. The molecule has 0 bridgehead atoms. The van der Waals surface area contributed by atoms with Crippen molar-refractivity contribution in [1.29, 1.82) is 0 Å². The molecule has 0 saturated carbocycles. The molecule has 4 rings (SSSR count). The van der Waals surface area contributed by atoms with Gasteiger partial charge < -0.3 is 0 Å². The molecule has 2 aromatic carbocycles. The Bertz CT molecular complexity index is 792. The molecule has 2 amide bonds. The summed E-state index contributed by atoms with van der Waals surface area (Å²) in [5.74, 6) is 0.0567. The van der Waals surface area contributed by atoms with Gasteiger partial charge in [0.25, 0.3) is 11.8 Å². The molecule has 19 heavy (non-hydrogen) atoms. The van der Waals surface area contributed by atoms with Gasteiger partial charge in [0.05, 0.1) is 5.57 Å². The number of rotatable bonds is 0. The Morgan fingerprint density at radius 1 is 1.00 bits per heavy atom. The van der Waals surface area contributed by atoms with Gasteiger partial charge in [0, 0.05) is 21.8 Å². The zero-order valence-electron chi connectivity index (χ0n) is 9.90. The zero-order valence-corrected chi connectivity index (χ0v) is 10.7. The third kappa shape index (κ3) is 1.47. The van der Waals surface area contributed by atoms with E-state index in [1.54, 1.807) is 11.8 Å². The van der Waals surface area contributed by atoms with Crippen molar-refractivity contribution >= 4 is 39.9 Å². The molecule has 0 radical (unpaired) electrons. The summed E-state index contributed by atoms with van der Waals surface area (Å²) in [5, 5.41) is 4.62. The molecular formula is C15H9NO2S. The monoisotopic (exact) mass is 267 g/mol. The minimum atomic E-state index is -0.267. The lowest BCUT2D eigenvalue weighted by molar-refractivity contribution is -0.123. The van der Waals surface area contributed by atoms with Crippen molar-refractivity contribution in [2.75, 3.05) is 5.75 Å². The van der Waals surface area contributed by atoms with Crippen molar-refractivity contribution in [2.45, 2.75) is 4.90 Å². The van der Waals surface area contributed by atoms with E-state index in [0.29, 0.717) is 16.9 Å². The van der Waals surface area contributed by atoms with Crippen LogP contribution in [0.25, 0.3) is 16.3 Å². The highest BCUT2D eigenvalue weighted by Gasteiger charge is 2.35. The van der Waals surface area contributed by atoms with Gasteiger partial charge in [-0.15, -0.1) is 11.8 Å². The molecule has 0 saturated heterocycles. The van der Waals surface area contributed by atoms with Crippen LogP contribution in [0.1, 0.15) is 5.56 Å². The van der Waals surface area contributed by atoms with E-state index in [2.05, 4.69) is 17.4 Å². The van der Waals surface area contributed by atoms with Crippen molar-refractivity contribution in [3.63, 3.8) is 0 Å². The van der Waals surface area contributed by atoms with Gasteiger partial charge in [-0.1, -0.05) is 24.3 Å². The lowest BCUT2D eigenvalue weighted by Gasteiger charge is -2.16. The van der Waals surface area contributed by atoms with Gasteiger partial charge in [-0.3, -0.25) is 14.9 Å². The van der Waals surface area contributed by atoms with Crippen molar-refractivity contribution in [1.82, 2.24) is 5.32 Å². The largest absolute Gasteiger partial charge is 0.288 e. The summed E-state index contributed by atoms with van der Waals surface area (Å²) in [6, 6.07) is 12.1. The average molecular weight is 267 g/mol. The van der Waals surface area contributed by atoms with E-state index in [4.69, 9.17) is 0 Å². The molecule has 0 unspecified atom stereocenters. The summed E-state index contributed by atoms with van der Waals surface area (Å²) in [5.41, 5.74) is 2.05. The highest BCUT2D eigenvalue weighted by molar-refractivity contribution is 7.99. The van der Waals surface area contributed by atoms with E-state index >= 15 is 0 Å². The third-order valence-corrected chi connectivity index (χ3v) is 4.60. The molecule has 2 aliphatic rings. The van der Waals surface area contributed by atoms with Gasteiger partial charge in [-0.25, -0.2) is 0 Å². The van der Waals surface area contributed by atoms with Gasteiger partial charge in [-0.2, -0.15) is 0 Å². The fourth-order valence-corrected chi connectivity index (χ4v) is 3.70. The molecule has 0 atom stereocenters. The quantitative estimate of drug-likeness (QED) is 0.745. The van der Waals surface area contributed by atoms with Gasteiger partial charge in [0.15, 0.2) is 0 Å². The van der Waals surface area contributed by atoms with Crippen LogP contribution >= 0.6 is 11.8 Å². The SMILES string of the molecule is O=C1NC(=O)C2=C1CSc1cc3ccccc3cc12. The van der Waals surface area contributed by atoms with Crippen LogP contribution in [0.5, 0.6) is 0 Å². The second-order valence-corrected chi connectivity index (χ2v) is 5.64.